The van der Waals surface area contributed by atoms with E-state index in [2.05, 4.69) is 75.7 Å². The van der Waals surface area contributed by atoms with E-state index in [9.17, 15) is 4.79 Å². The Morgan fingerprint density at radius 3 is 2.67 bits per heavy atom. The molecule has 1 saturated carbocycles. The highest BCUT2D eigenvalue weighted by Gasteiger charge is 2.32. The van der Waals surface area contributed by atoms with Crippen LogP contribution in [0.15, 0.2) is 59.4 Å². The second-order valence-corrected chi connectivity index (χ2v) is 10.1. The minimum atomic E-state index is -0.00863. The van der Waals surface area contributed by atoms with Crippen LogP contribution in [0.4, 0.5) is 0 Å². The first kappa shape index (κ1) is 24.4. The molecule has 7 heteroatoms. The first-order valence-corrected chi connectivity index (χ1v) is 13.3. The molecule has 0 aliphatic heterocycles. The fraction of sp³-hybridized carbons (Fsp3) is 0.448. The molecule has 1 fully saturated rings. The van der Waals surface area contributed by atoms with E-state index >= 15 is 0 Å². The van der Waals surface area contributed by atoms with Crippen LogP contribution in [-0.4, -0.2) is 36.1 Å². The van der Waals surface area contributed by atoms with Crippen LogP contribution in [0.2, 0.25) is 0 Å². The summed E-state index contributed by atoms with van der Waals surface area (Å²) in [4.78, 5) is 18.8. The van der Waals surface area contributed by atoms with Crippen LogP contribution in [0.1, 0.15) is 74.0 Å². The first-order valence-electron chi connectivity index (χ1n) is 13.3. The number of rotatable bonds is 9. The Kier molecular flexibility index (Phi) is 7.56. The van der Waals surface area contributed by atoms with E-state index < -0.39 is 0 Å². The van der Waals surface area contributed by atoms with Gasteiger partial charge in [-0.1, -0.05) is 68.1 Å². The van der Waals surface area contributed by atoms with Crippen molar-refractivity contribution in [1.29, 1.82) is 0 Å². The van der Waals surface area contributed by atoms with Crippen LogP contribution in [0.25, 0.3) is 10.9 Å². The third-order valence-corrected chi connectivity index (χ3v) is 7.57. The molecule has 1 aliphatic rings. The Morgan fingerprint density at radius 2 is 1.89 bits per heavy atom. The third-order valence-electron chi connectivity index (χ3n) is 7.57. The molecule has 1 atom stereocenters. The molecule has 0 spiro atoms. The summed E-state index contributed by atoms with van der Waals surface area (Å²) in [5.41, 5.74) is 4.14. The zero-order valence-corrected chi connectivity index (χ0v) is 21.4. The van der Waals surface area contributed by atoms with Crippen molar-refractivity contribution in [1.82, 2.24) is 30.1 Å². The summed E-state index contributed by atoms with van der Waals surface area (Å²) >= 11 is 0. The second-order valence-electron chi connectivity index (χ2n) is 10.1. The lowest BCUT2D eigenvalue weighted by molar-refractivity contribution is 0.0841. The topological polar surface area (TPSA) is 79.7 Å². The first-order chi connectivity index (χ1) is 17.6. The molecule has 1 N–H and O–H groups in total. The van der Waals surface area contributed by atoms with E-state index in [4.69, 9.17) is 0 Å². The van der Waals surface area contributed by atoms with Crippen molar-refractivity contribution in [3.63, 3.8) is 0 Å². The molecule has 0 saturated heterocycles. The number of pyridine rings is 1. The molecule has 0 unspecified atom stereocenters. The maximum Gasteiger partial charge on any atom is 0.252 e. The average Bonchev–Trinajstić information content (AvgIpc) is 3.37. The number of benzene rings is 2. The lowest BCUT2D eigenvalue weighted by Gasteiger charge is -2.39. The highest BCUT2D eigenvalue weighted by atomic mass is 16.1. The summed E-state index contributed by atoms with van der Waals surface area (Å²) in [5.74, 6) is 0.895. The standard InChI is InChI=1S/C29H36N6O/c1-3-27(28-31-32-33-35(28)17-16-22-10-6-4-7-11-22)34(25-12-8-5-9-13-25)20-24-19-23-18-21(2)14-15-26(23)30-29(24)36/h4,6-7,10-11,14-15,18-19,25,27H,3,5,8-9,12-13,16-17,20H2,1-2H3,(H,30,36)/t27-/m0/s1. The van der Waals surface area contributed by atoms with Crippen molar-refractivity contribution in [3.05, 3.63) is 87.5 Å². The Hall–Kier alpha value is -3.32. The number of hydrogen-bond donors (Lipinski definition) is 1. The van der Waals surface area contributed by atoms with Crippen LogP contribution >= 0.6 is 0 Å². The molecule has 0 amide bonds. The predicted molar refractivity (Wildman–Crippen MR) is 143 cm³/mol. The largest absolute Gasteiger partial charge is 0.322 e. The van der Waals surface area contributed by atoms with Gasteiger partial charge in [-0.2, -0.15) is 0 Å². The van der Waals surface area contributed by atoms with Crippen LogP contribution in [0.3, 0.4) is 0 Å². The van der Waals surface area contributed by atoms with Gasteiger partial charge in [0.25, 0.3) is 5.56 Å². The van der Waals surface area contributed by atoms with E-state index in [0.29, 0.717) is 12.6 Å². The number of fused-ring (bicyclic) bond motifs is 1. The summed E-state index contributed by atoms with van der Waals surface area (Å²) < 4.78 is 1.96. The van der Waals surface area contributed by atoms with Crippen LogP contribution in [-0.2, 0) is 19.5 Å². The number of tetrazole rings is 1. The van der Waals surface area contributed by atoms with Gasteiger partial charge in [-0.15, -0.1) is 5.10 Å². The van der Waals surface area contributed by atoms with Gasteiger partial charge in [0.1, 0.15) is 0 Å². The van der Waals surface area contributed by atoms with Crippen molar-refractivity contribution < 1.29 is 0 Å². The molecule has 2 aromatic heterocycles. The number of nitrogens with one attached hydrogen (secondary N) is 1. The molecule has 0 bridgehead atoms. The van der Waals surface area contributed by atoms with E-state index in [1.807, 2.05) is 22.9 Å². The van der Waals surface area contributed by atoms with E-state index in [-0.39, 0.29) is 11.6 Å². The van der Waals surface area contributed by atoms with Crippen molar-refractivity contribution >= 4 is 10.9 Å². The zero-order valence-electron chi connectivity index (χ0n) is 21.4. The lowest BCUT2D eigenvalue weighted by atomic mass is 9.92. The van der Waals surface area contributed by atoms with E-state index in [0.717, 1.165) is 54.5 Å². The quantitative estimate of drug-likeness (QED) is 0.346. The Morgan fingerprint density at radius 1 is 1.08 bits per heavy atom. The number of hydrogen-bond acceptors (Lipinski definition) is 5. The normalized spacial score (nSPS) is 15.5. The minimum Gasteiger partial charge on any atom is -0.322 e. The number of aromatic amines is 1. The summed E-state index contributed by atoms with van der Waals surface area (Å²) in [7, 11) is 0. The molecule has 5 rings (SSSR count). The minimum absolute atomic E-state index is 0.00863. The molecule has 2 heterocycles. The second kappa shape index (κ2) is 11.2. The summed E-state index contributed by atoms with van der Waals surface area (Å²) in [5, 5.41) is 14.0. The fourth-order valence-corrected chi connectivity index (χ4v) is 5.65. The fourth-order valence-electron chi connectivity index (χ4n) is 5.65. The Balaban J connectivity index is 1.46. The monoisotopic (exact) mass is 484 g/mol. The Bertz CT molecular complexity index is 1340. The summed E-state index contributed by atoms with van der Waals surface area (Å²) in [6.07, 6.45) is 7.79. The zero-order chi connectivity index (χ0) is 24.9. The maximum atomic E-state index is 13.1. The lowest BCUT2D eigenvalue weighted by Crippen LogP contribution is -2.41. The van der Waals surface area contributed by atoms with E-state index in [1.54, 1.807) is 0 Å². The molecule has 7 nitrogen and oxygen atoms in total. The molecule has 188 valence electrons. The smallest absolute Gasteiger partial charge is 0.252 e. The highest BCUT2D eigenvalue weighted by molar-refractivity contribution is 5.79. The molecule has 4 aromatic rings. The van der Waals surface area contributed by atoms with Gasteiger partial charge in [0.15, 0.2) is 5.82 Å². The molecule has 36 heavy (non-hydrogen) atoms. The maximum absolute atomic E-state index is 13.1. The number of H-pyrrole nitrogens is 1. The van der Waals surface area contributed by atoms with Crippen LogP contribution < -0.4 is 5.56 Å². The van der Waals surface area contributed by atoms with Crippen LogP contribution in [0, 0.1) is 6.92 Å². The van der Waals surface area contributed by atoms with Gasteiger partial charge in [-0.3, -0.25) is 9.69 Å². The Labute approximate surface area is 212 Å². The van der Waals surface area contributed by atoms with Gasteiger partial charge in [0.05, 0.1) is 6.04 Å². The van der Waals surface area contributed by atoms with Gasteiger partial charge in [0, 0.05) is 30.2 Å². The molecule has 2 aromatic carbocycles. The van der Waals surface area contributed by atoms with Gasteiger partial charge in [0.2, 0.25) is 0 Å². The molecule has 1 aliphatic carbocycles. The molecule has 0 radical (unpaired) electrons. The SMILES string of the molecule is CC[C@@H](c1nnnn1CCc1ccccc1)N(Cc1cc2cc(C)ccc2[nH]c1=O)C1CCCCC1. The summed E-state index contributed by atoms with van der Waals surface area (Å²) in [6, 6.07) is 19.2. The van der Waals surface area contributed by atoms with Crippen molar-refractivity contribution in [2.24, 2.45) is 0 Å². The molecular formula is C29H36N6O. The van der Waals surface area contributed by atoms with Gasteiger partial charge >= 0.3 is 0 Å². The van der Waals surface area contributed by atoms with Gasteiger partial charge in [-0.25, -0.2) is 4.68 Å². The van der Waals surface area contributed by atoms with Crippen LogP contribution in [0.5, 0.6) is 0 Å². The molecular weight excluding hydrogens is 448 g/mol. The summed E-state index contributed by atoms with van der Waals surface area (Å²) in [6.45, 7) is 5.61. The average molecular weight is 485 g/mol. The third kappa shape index (κ3) is 5.41. The number of aromatic nitrogens is 5. The van der Waals surface area contributed by atoms with Crippen molar-refractivity contribution in [3.8, 4) is 0 Å². The van der Waals surface area contributed by atoms with E-state index in [1.165, 1.54) is 30.4 Å². The van der Waals surface area contributed by atoms with Gasteiger partial charge < -0.3 is 4.98 Å². The van der Waals surface area contributed by atoms with Crippen molar-refractivity contribution in [2.45, 2.75) is 84.0 Å². The highest BCUT2D eigenvalue weighted by Crippen LogP contribution is 2.33. The number of nitrogens with zero attached hydrogens (tertiary/aromatic N) is 5. The van der Waals surface area contributed by atoms with Crippen molar-refractivity contribution in [2.75, 3.05) is 0 Å². The predicted octanol–water partition coefficient (Wildman–Crippen LogP) is 5.35. The number of aryl methyl sites for hydroxylation is 3. The van der Waals surface area contributed by atoms with Gasteiger partial charge in [-0.05, 0) is 72.2 Å².